The molecule has 0 bridgehead atoms. The Bertz CT molecular complexity index is 567. The second kappa shape index (κ2) is 6.94. The van der Waals surface area contributed by atoms with Crippen molar-refractivity contribution in [2.24, 2.45) is 5.73 Å². The number of rotatable bonds is 5. The molecule has 0 aliphatic carbocycles. The van der Waals surface area contributed by atoms with E-state index in [-0.39, 0.29) is 0 Å². The summed E-state index contributed by atoms with van der Waals surface area (Å²) in [5.74, 6) is 1.92. The van der Waals surface area contributed by atoms with Gasteiger partial charge in [-0.15, -0.1) is 0 Å². The van der Waals surface area contributed by atoms with Crippen LogP contribution in [0.25, 0.3) is 0 Å². The van der Waals surface area contributed by atoms with E-state index >= 15 is 0 Å². The van der Waals surface area contributed by atoms with Crippen molar-refractivity contribution in [1.82, 2.24) is 0 Å². The highest BCUT2D eigenvalue weighted by molar-refractivity contribution is 7.97. The van der Waals surface area contributed by atoms with E-state index in [0.29, 0.717) is 4.99 Å². The zero-order valence-corrected chi connectivity index (χ0v) is 12.7. The van der Waals surface area contributed by atoms with Gasteiger partial charge in [0.05, 0.1) is 0 Å². The standard InChI is InChI=1S/C15H14ClNS2/c16-14-3-1-2-12(8-14)10-19-9-11-4-6-13(7-5-11)15(17)18/h1-8H,9-10H2,(H2,17,18). The highest BCUT2D eigenvalue weighted by atomic mass is 35.5. The summed E-state index contributed by atoms with van der Waals surface area (Å²) in [6.45, 7) is 0. The molecule has 2 aromatic carbocycles. The Morgan fingerprint density at radius 2 is 1.74 bits per heavy atom. The molecule has 19 heavy (non-hydrogen) atoms. The average molecular weight is 308 g/mol. The smallest absolute Gasteiger partial charge is 0.103 e. The average Bonchev–Trinajstić information content (AvgIpc) is 2.39. The van der Waals surface area contributed by atoms with Crippen molar-refractivity contribution in [2.75, 3.05) is 0 Å². The zero-order chi connectivity index (χ0) is 13.7. The Kier molecular flexibility index (Phi) is 5.25. The van der Waals surface area contributed by atoms with Crippen LogP contribution in [-0.2, 0) is 11.5 Å². The third kappa shape index (κ3) is 4.53. The van der Waals surface area contributed by atoms with Gasteiger partial charge in [0.25, 0.3) is 0 Å². The van der Waals surface area contributed by atoms with Gasteiger partial charge >= 0.3 is 0 Å². The molecule has 0 aliphatic rings. The summed E-state index contributed by atoms with van der Waals surface area (Å²) in [5, 5.41) is 0.791. The number of nitrogens with two attached hydrogens (primary N) is 1. The van der Waals surface area contributed by atoms with Crippen molar-refractivity contribution < 1.29 is 0 Å². The van der Waals surface area contributed by atoms with Gasteiger partial charge in [0, 0.05) is 22.1 Å². The number of halogens is 1. The van der Waals surface area contributed by atoms with Gasteiger partial charge in [0.1, 0.15) is 4.99 Å². The predicted octanol–water partition coefficient (Wildman–Crippen LogP) is 4.41. The lowest BCUT2D eigenvalue weighted by atomic mass is 10.1. The minimum Gasteiger partial charge on any atom is -0.389 e. The third-order valence-electron chi connectivity index (χ3n) is 2.66. The maximum atomic E-state index is 5.95. The van der Waals surface area contributed by atoms with Crippen LogP contribution < -0.4 is 5.73 Å². The molecule has 0 spiro atoms. The lowest BCUT2D eigenvalue weighted by Crippen LogP contribution is -2.08. The minimum atomic E-state index is 0.443. The van der Waals surface area contributed by atoms with Gasteiger partial charge in [-0.25, -0.2) is 0 Å². The van der Waals surface area contributed by atoms with Crippen LogP contribution in [0.2, 0.25) is 5.02 Å². The number of thioether (sulfide) groups is 1. The van der Waals surface area contributed by atoms with Gasteiger partial charge < -0.3 is 5.73 Å². The van der Waals surface area contributed by atoms with Crippen molar-refractivity contribution in [3.63, 3.8) is 0 Å². The summed E-state index contributed by atoms with van der Waals surface area (Å²) in [7, 11) is 0. The molecule has 2 rings (SSSR count). The van der Waals surface area contributed by atoms with Gasteiger partial charge in [0.2, 0.25) is 0 Å². The maximum absolute atomic E-state index is 5.95. The van der Waals surface area contributed by atoms with Crippen LogP contribution in [0, 0.1) is 0 Å². The number of hydrogen-bond acceptors (Lipinski definition) is 2. The van der Waals surface area contributed by atoms with Gasteiger partial charge in [-0.05, 0) is 23.3 Å². The van der Waals surface area contributed by atoms with Gasteiger partial charge in [-0.2, -0.15) is 11.8 Å². The minimum absolute atomic E-state index is 0.443. The second-order valence-electron chi connectivity index (χ2n) is 4.18. The van der Waals surface area contributed by atoms with Crippen molar-refractivity contribution >= 4 is 40.6 Å². The summed E-state index contributed by atoms with van der Waals surface area (Å²) in [6.07, 6.45) is 0. The van der Waals surface area contributed by atoms with Crippen LogP contribution in [-0.4, -0.2) is 4.99 Å². The Morgan fingerprint density at radius 3 is 2.37 bits per heavy atom. The molecule has 0 saturated carbocycles. The molecule has 2 N–H and O–H groups in total. The summed E-state index contributed by atoms with van der Waals surface area (Å²) in [5.41, 5.74) is 9.00. The molecule has 4 heteroatoms. The Labute approximate surface area is 128 Å². The van der Waals surface area contributed by atoms with E-state index in [9.17, 15) is 0 Å². The number of thiocarbonyl (C=S) groups is 1. The molecule has 0 fully saturated rings. The fourth-order valence-electron chi connectivity index (χ4n) is 1.68. The molecule has 0 unspecified atom stereocenters. The highest BCUT2D eigenvalue weighted by Gasteiger charge is 1.99. The Balaban J connectivity index is 1.87. The van der Waals surface area contributed by atoms with Crippen LogP contribution in [0.5, 0.6) is 0 Å². The van der Waals surface area contributed by atoms with E-state index in [4.69, 9.17) is 29.6 Å². The molecule has 0 atom stereocenters. The van der Waals surface area contributed by atoms with Crippen molar-refractivity contribution in [3.05, 3.63) is 70.2 Å². The molecule has 0 amide bonds. The van der Waals surface area contributed by atoms with E-state index in [1.54, 1.807) is 0 Å². The molecule has 0 saturated heterocycles. The molecule has 0 aromatic heterocycles. The van der Waals surface area contributed by atoms with E-state index in [0.717, 1.165) is 22.1 Å². The molecule has 0 radical (unpaired) electrons. The Hall–Kier alpha value is -1.03. The van der Waals surface area contributed by atoms with Crippen LogP contribution in [0.3, 0.4) is 0 Å². The first-order chi connectivity index (χ1) is 9.15. The first kappa shape index (κ1) is 14.4. The summed E-state index contributed by atoms with van der Waals surface area (Å²) in [6, 6.07) is 16.0. The molecule has 1 nitrogen and oxygen atoms in total. The quantitative estimate of drug-likeness (QED) is 0.829. The fraction of sp³-hybridized carbons (Fsp3) is 0.133. The molecular weight excluding hydrogens is 294 g/mol. The third-order valence-corrected chi connectivity index (χ3v) is 4.21. The highest BCUT2D eigenvalue weighted by Crippen LogP contribution is 2.20. The van der Waals surface area contributed by atoms with E-state index < -0.39 is 0 Å². The second-order valence-corrected chi connectivity index (χ2v) is 6.05. The number of benzene rings is 2. The first-order valence-corrected chi connectivity index (χ1v) is 7.80. The van der Waals surface area contributed by atoms with Gasteiger partial charge in [0.15, 0.2) is 0 Å². The molecule has 2 aromatic rings. The maximum Gasteiger partial charge on any atom is 0.103 e. The fourth-order valence-corrected chi connectivity index (χ4v) is 2.97. The lowest BCUT2D eigenvalue weighted by Gasteiger charge is -2.04. The van der Waals surface area contributed by atoms with Crippen LogP contribution >= 0.6 is 35.6 Å². The van der Waals surface area contributed by atoms with Crippen molar-refractivity contribution in [2.45, 2.75) is 11.5 Å². The lowest BCUT2D eigenvalue weighted by molar-refractivity contribution is 1.36. The Morgan fingerprint density at radius 1 is 1.05 bits per heavy atom. The first-order valence-electron chi connectivity index (χ1n) is 5.86. The van der Waals surface area contributed by atoms with Gasteiger partial charge in [-0.1, -0.05) is 60.2 Å². The topological polar surface area (TPSA) is 26.0 Å². The normalized spacial score (nSPS) is 10.4. The zero-order valence-electron chi connectivity index (χ0n) is 10.3. The summed E-state index contributed by atoms with van der Waals surface area (Å²) >= 11 is 12.7. The van der Waals surface area contributed by atoms with Crippen molar-refractivity contribution in [3.8, 4) is 0 Å². The van der Waals surface area contributed by atoms with E-state index in [1.165, 1.54) is 11.1 Å². The largest absolute Gasteiger partial charge is 0.389 e. The van der Waals surface area contributed by atoms with Crippen LogP contribution in [0.4, 0.5) is 0 Å². The molecular formula is C15H14ClNS2. The number of hydrogen-bond donors (Lipinski definition) is 1. The monoisotopic (exact) mass is 307 g/mol. The van der Waals surface area contributed by atoms with E-state index in [2.05, 4.69) is 18.2 Å². The van der Waals surface area contributed by atoms with Crippen molar-refractivity contribution in [1.29, 1.82) is 0 Å². The van der Waals surface area contributed by atoms with Crippen LogP contribution in [0.1, 0.15) is 16.7 Å². The molecule has 98 valence electrons. The molecule has 0 aliphatic heterocycles. The van der Waals surface area contributed by atoms with Gasteiger partial charge in [-0.3, -0.25) is 0 Å². The van der Waals surface area contributed by atoms with Crippen LogP contribution in [0.15, 0.2) is 48.5 Å². The van der Waals surface area contributed by atoms with E-state index in [1.807, 2.05) is 42.1 Å². The summed E-state index contributed by atoms with van der Waals surface area (Å²) in [4.78, 5) is 0.443. The SMILES string of the molecule is NC(=S)c1ccc(CSCc2cccc(Cl)c2)cc1. The molecule has 0 heterocycles. The summed E-state index contributed by atoms with van der Waals surface area (Å²) < 4.78 is 0. The predicted molar refractivity (Wildman–Crippen MR) is 88.8 cm³/mol.